The molecule has 9 heteroatoms. The highest BCUT2D eigenvalue weighted by atomic mass is 35.5. The Kier molecular flexibility index (Phi) is 7.25. The second-order valence-electron chi connectivity index (χ2n) is 10.6. The van der Waals surface area contributed by atoms with Crippen molar-refractivity contribution in [3.63, 3.8) is 0 Å². The number of carbonyl (C=O) groups excluding carboxylic acids is 1. The van der Waals surface area contributed by atoms with E-state index in [9.17, 15) is 13.2 Å². The molecule has 1 fully saturated rings. The number of nitrogens with zero attached hydrogens (tertiary/aromatic N) is 3. The van der Waals surface area contributed by atoms with Gasteiger partial charge in [0, 0.05) is 42.1 Å². The Labute approximate surface area is 239 Å². The molecule has 1 aromatic heterocycles. The third-order valence-electron chi connectivity index (χ3n) is 8.00. The number of sulfonamides is 1. The predicted molar refractivity (Wildman–Crippen MR) is 156 cm³/mol. The number of amides is 1. The van der Waals surface area contributed by atoms with Crippen molar-refractivity contribution in [3.05, 3.63) is 113 Å². The zero-order valence-electron chi connectivity index (χ0n) is 22.2. The van der Waals surface area contributed by atoms with Gasteiger partial charge in [0.25, 0.3) is 0 Å². The van der Waals surface area contributed by atoms with Crippen LogP contribution in [0.2, 0.25) is 5.02 Å². The quantitative estimate of drug-likeness (QED) is 0.290. The lowest BCUT2D eigenvalue weighted by atomic mass is 9.87. The van der Waals surface area contributed by atoms with Crippen LogP contribution in [0.25, 0.3) is 0 Å². The Morgan fingerprint density at radius 3 is 2.60 bits per heavy atom. The van der Waals surface area contributed by atoms with Gasteiger partial charge in [-0.25, -0.2) is 18.1 Å². The molecular formula is C31H31ClN4O3S. The van der Waals surface area contributed by atoms with E-state index in [1.165, 1.54) is 17.7 Å². The summed E-state index contributed by atoms with van der Waals surface area (Å²) >= 11 is 5.97. The van der Waals surface area contributed by atoms with E-state index in [1.54, 1.807) is 18.3 Å². The highest BCUT2D eigenvalue weighted by Crippen LogP contribution is 2.49. The van der Waals surface area contributed by atoms with Crippen LogP contribution in [0.1, 0.15) is 53.7 Å². The third-order valence-corrected chi connectivity index (χ3v) is 9.74. The Balaban J connectivity index is 1.31. The molecule has 3 aromatic carbocycles. The summed E-state index contributed by atoms with van der Waals surface area (Å²) in [7, 11) is -1.84. The van der Waals surface area contributed by atoms with Crippen LogP contribution in [0.5, 0.6) is 0 Å². The summed E-state index contributed by atoms with van der Waals surface area (Å²) < 4.78 is 31.3. The van der Waals surface area contributed by atoms with Crippen molar-refractivity contribution in [2.75, 3.05) is 4.90 Å². The molecule has 7 nitrogen and oxygen atoms in total. The number of aryl methyl sites for hydroxylation is 2. The molecule has 2 aliphatic rings. The predicted octanol–water partition coefficient (Wildman–Crippen LogP) is 5.77. The second-order valence-corrected chi connectivity index (χ2v) is 12.8. The maximum Gasteiger partial charge on any atom is 0.241 e. The van der Waals surface area contributed by atoms with Gasteiger partial charge in [0.05, 0.1) is 11.4 Å². The van der Waals surface area contributed by atoms with E-state index in [0.717, 1.165) is 41.9 Å². The molecule has 0 bridgehead atoms. The van der Waals surface area contributed by atoms with E-state index in [2.05, 4.69) is 21.8 Å². The molecule has 40 heavy (non-hydrogen) atoms. The van der Waals surface area contributed by atoms with Crippen molar-refractivity contribution >= 4 is 33.2 Å². The SMILES string of the molecule is Cn1ccnc1CN(C(=O)[C@@H]1C[C@H]1c1ccccc1)c1ccc2c(c1)[C@@H](NS(=O)(=O)c1ccc(Cl)cc1)CCC2. The van der Waals surface area contributed by atoms with Gasteiger partial charge in [-0.1, -0.05) is 48.0 Å². The number of aromatic nitrogens is 2. The zero-order valence-corrected chi connectivity index (χ0v) is 23.8. The summed E-state index contributed by atoms with van der Waals surface area (Å²) in [5.41, 5.74) is 3.94. The number of rotatable bonds is 8. The van der Waals surface area contributed by atoms with E-state index in [1.807, 2.05) is 59.1 Å². The monoisotopic (exact) mass is 574 g/mol. The molecule has 1 N–H and O–H groups in total. The summed E-state index contributed by atoms with van der Waals surface area (Å²) in [5.74, 6) is 0.945. The number of fused-ring (bicyclic) bond motifs is 1. The number of halogens is 1. The van der Waals surface area contributed by atoms with Crippen LogP contribution in [0.15, 0.2) is 90.1 Å². The van der Waals surface area contributed by atoms with Gasteiger partial charge in [0.1, 0.15) is 5.82 Å². The van der Waals surface area contributed by atoms with Gasteiger partial charge in [0.2, 0.25) is 15.9 Å². The Morgan fingerprint density at radius 1 is 1.10 bits per heavy atom. The van der Waals surface area contributed by atoms with Crippen LogP contribution >= 0.6 is 11.6 Å². The normalized spacial score (nSPS) is 20.1. The van der Waals surface area contributed by atoms with Crippen LogP contribution in [-0.2, 0) is 34.8 Å². The van der Waals surface area contributed by atoms with Gasteiger partial charge in [0.15, 0.2) is 0 Å². The van der Waals surface area contributed by atoms with E-state index < -0.39 is 16.1 Å². The Morgan fingerprint density at radius 2 is 1.88 bits per heavy atom. The van der Waals surface area contributed by atoms with E-state index >= 15 is 0 Å². The smallest absolute Gasteiger partial charge is 0.241 e. The van der Waals surface area contributed by atoms with Crippen molar-refractivity contribution in [1.29, 1.82) is 0 Å². The maximum absolute atomic E-state index is 14.0. The fourth-order valence-electron chi connectivity index (χ4n) is 5.67. The molecule has 2 aliphatic carbocycles. The van der Waals surface area contributed by atoms with Gasteiger partial charge in [-0.2, -0.15) is 0 Å². The lowest BCUT2D eigenvalue weighted by molar-refractivity contribution is -0.120. The average Bonchev–Trinajstić information content (AvgIpc) is 3.66. The van der Waals surface area contributed by atoms with Gasteiger partial charge in [-0.3, -0.25) is 4.79 Å². The molecule has 1 heterocycles. The number of carbonyl (C=O) groups is 1. The van der Waals surface area contributed by atoms with Gasteiger partial charge >= 0.3 is 0 Å². The highest BCUT2D eigenvalue weighted by Gasteiger charge is 2.46. The first-order valence-electron chi connectivity index (χ1n) is 13.5. The van der Waals surface area contributed by atoms with Crippen LogP contribution in [0, 0.1) is 5.92 Å². The lowest BCUT2D eigenvalue weighted by Gasteiger charge is -2.29. The number of benzene rings is 3. The first-order valence-corrected chi connectivity index (χ1v) is 15.4. The van der Waals surface area contributed by atoms with Crippen molar-refractivity contribution in [1.82, 2.24) is 14.3 Å². The molecule has 3 atom stereocenters. The molecular weight excluding hydrogens is 544 g/mol. The molecule has 0 radical (unpaired) electrons. The van der Waals surface area contributed by atoms with Crippen molar-refractivity contribution in [3.8, 4) is 0 Å². The molecule has 206 valence electrons. The van der Waals surface area contributed by atoms with Gasteiger partial charge in [-0.15, -0.1) is 0 Å². The van der Waals surface area contributed by atoms with Crippen molar-refractivity contribution in [2.45, 2.75) is 49.1 Å². The largest absolute Gasteiger partial charge is 0.337 e. The topological polar surface area (TPSA) is 84.3 Å². The van der Waals surface area contributed by atoms with Crippen LogP contribution < -0.4 is 9.62 Å². The molecule has 1 amide bonds. The fraction of sp³-hybridized carbons (Fsp3) is 0.290. The second kappa shape index (κ2) is 10.8. The number of anilines is 1. The standard InChI is InChI=1S/C31H31ClN4O3S/c1-35-17-16-33-30(35)20-36(31(37)28-19-26(28)21-6-3-2-4-7-21)24-13-10-22-8-5-9-29(27(22)18-24)34-40(38,39)25-14-11-23(32)12-15-25/h2-4,6-7,10-18,26,28-29,34H,5,8-9,19-20H2,1H3/t26-,28+,29-/m0/s1. The van der Waals surface area contributed by atoms with E-state index in [-0.39, 0.29) is 22.6 Å². The number of hydrogen-bond acceptors (Lipinski definition) is 4. The van der Waals surface area contributed by atoms with Crippen molar-refractivity contribution < 1.29 is 13.2 Å². The first kappa shape index (κ1) is 26.7. The molecule has 0 unspecified atom stereocenters. The zero-order chi connectivity index (χ0) is 27.9. The summed E-state index contributed by atoms with van der Waals surface area (Å²) in [6.45, 7) is 0.334. The minimum atomic E-state index is -3.76. The molecule has 1 saturated carbocycles. The summed E-state index contributed by atoms with van der Waals surface area (Å²) in [6.07, 6.45) is 6.83. The number of imidazole rings is 1. The summed E-state index contributed by atoms with van der Waals surface area (Å²) in [5, 5.41) is 0.481. The van der Waals surface area contributed by atoms with E-state index in [4.69, 9.17) is 11.6 Å². The Bertz CT molecular complexity index is 1640. The van der Waals surface area contributed by atoms with Gasteiger partial charge < -0.3 is 9.47 Å². The maximum atomic E-state index is 14.0. The minimum Gasteiger partial charge on any atom is -0.337 e. The van der Waals surface area contributed by atoms with Crippen molar-refractivity contribution in [2.24, 2.45) is 13.0 Å². The number of hydrogen-bond donors (Lipinski definition) is 1. The fourth-order valence-corrected chi connectivity index (χ4v) is 7.05. The lowest BCUT2D eigenvalue weighted by Crippen LogP contribution is -2.34. The Hall–Kier alpha value is -3.46. The molecule has 0 saturated heterocycles. The highest BCUT2D eigenvalue weighted by molar-refractivity contribution is 7.89. The van der Waals surface area contributed by atoms with Gasteiger partial charge in [-0.05, 0) is 84.7 Å². The first-order chi connectivity index (χ1) is 19.3. The summed E-state index contributed by atoms with van der Waals surface area (Å²) in [4.78, 5) is 20.5. The average molecular weight is 575 g/mol. The van der Waals surface area contributed by atoms with Crippen LogP contribution in [0.3, 0.4) is 0 Å². The molecule has 6 rings (SSSR count). The molecule has 4 aromatic rings. The molecule has 0 spiro atoms. The van der Waals surface area contributed by atoms with Crippen LogP contribution in [0.4, 0.5) is 5.69 Å². The van der Waals surface area contributed by atoms with E-state index in [0.29, 0.717) is 18.0 Å². The minimum absolute atomic E-state index is 0.0610. The molecule has 0 aliphatic heterocycles. The number of nitrogens with one attached hydrogen (secondary N) is 1. The third kappa shape index (κ3) is 5.44. The summed E-state index contributed by atoms with van der Waals surface area (Å²) in [6, 6.07) is 21.9. The van der Waals surface area contributed by atoms with Crippen LogP contribution in [-0.4, -0.2) is 23.9 Å².